The van der Waals surface area contributed by atoms with Crippen LogP contribution in [0.3, 0.4) is 0 Å². The maximum Gasteiger partial charge on any atom is 0.253 e. The molecule has 0 aromatic heterocycles. The molecular formula is C20H28N2O3. The summed E-state index contributed by atoms with van der Waals surface area (Å²) in [7, 11) is 0. The van der Waals surface area contributed by atoms with Gasteiger partial charge in [-0.25, -0.2) is 0 Å². The summed E-state index contributed by atoms with van der Waals surface area (Å²) in [5.41, 5.74) is 1.66. The minimum absolute atomic E-state index is 0.0370. The molecule has 3 rings (SSSR count). The number of amides is 2. The molecule has 1 aromatic rings. The number of hydrogen-bond acceptors (Lipinski definition) is 3. The molecular weight excluding hydrogens is 316 g/mol. The van der Waals surface area contributed by atoms with Crippen molar-refractivity contribution in [2.45, 2.75) is 46.1 Å². The topological polar surface area (TPSA) is 49.9 Å². The van der Waals surface area contributed by atoms with Crippen molar-refractivity contribution >= 4 is 11.8 Å². The Hall–Kier alpha value is -2.04. The second-order valence-corrected chi connectivity index (χ2v) is 7.39. The molecule has 1 aliphatic heterocycles. The van der Waals surface area contributed by atoms with Crippen LogP contribution < -0.4 is 4.74 Å². The molecule has 2 amide bonds. The van der Waals surface area contributed by atoms with Crippen LogP contribution in [0, 0.1) is 12.8 Å². The second kappa shape index (κ2) is 7.46. The maximum absolute atomic E-state index is 12.7. The van der Waals surface area contributed by atoms with Crippen LogP contribution in [0.4, 0.5) is 0 Å². The molecule has 1 aliphatic carbocycles. The third kappa shape index (κ3) is 3.97. The van der Waals surface area contributed by atoms with Crippen molar-refractivity contribution in [3.63, 3.8) is 0 Å². The van der Waals surface area contributed by atoms with Gasteiger partial charge >= 0.3 is 0 Å². The van der Waals surface area contributed by atoms with Gasteiger partial charge < -0.3 is 14.5 Å². The molecule has 1 heterocycles. The van der Waals surface area contributed by atoms with Gasteiger partial charge in [0.25, 0.3) is 5.91 Å². The van der Waals surface area contributed by atoms with Crippen LogP contribution in [0.15, 0.2) is 18.2 Å². The number of benzene rings is 1. The summed E-state index contributed by atoms with van der Waals surface area (Å²) in [5.74, 6) is 1.38. The van der Waals surface area contributed by atoms with Crippen molar-refractivity contribution in [1.82, 2.24) is 9.80 Å². The van der Waals surface area contributed by atoms with E-state index >= 15 is 0 Å². The molecule has 0 unspecified atom stereocenters. The fourth-order valence-corrected chi connectivity index (χ4v) is 3.39. The molecule has 1 saturated carbocycles. The lowest BCUT2D eigenvalue weighted by Crippen LogP contribution is -2.52. The fraction of sp³-hybridized carbons (Fsp3) is 0.600. The first kappa shape index (κ1) is 17.8. The van der Waals surface area contributed by atoms with E-state index < -0.39 is 0 Å². The molecule has 2 aliphatic rings. The monoisotopic (exact) mass is 344 g/mol. The van der Waals surface area contributed by atoms with Gasteiger partial charge in [0.1, 0.15) is 5.75 Å². The van der Waals surface area contributed by atoms with Crippen LogP contribution in [-0.2, 0) is 4.79 Å². The number of carbonyl (C=O) groups excluding carboxylic acids is 2. The summed E-state index contributed by atoms with van der Waals surface area (Å²) in [6, 6.07) is 5.60. The second-order valence-electron chi connectivity index (χ2n) is 7.39. The van der Waals surface area contributed by atoms with Gasteiger partial charge in [-0.3, -0.25) is 9.59 Å². The van der Waals surface area contributed by atoms with Crippen molar-refractivity contribution in [1.29, 1.82) is 0 Å². The first-order valence-corrected chi connectivity index (χ1v) is 9.31. The minimum atomic E-state index is 0.0370. The summed E-state index contributed by atoms with van der Waals surface area (Å²) in [5, 5.41) is 0. The van der Waals surface area contributed by atoms with E-state index in [1.807, 2.05) is 48.8 Å². The van der Waals surface area contributed by atoms with E-state index in [-0.39, 0.29) is 23.8 Å². The van der Waals surface area contributed by atoms with Gasteiger partial charge in [-0.1, -0.05) is 6.42 Å². The van der Waals surface area contributed by atoms with E-state index in [1.54, 1.807) is 0 Å². The number of rotatable bonds is 4. The lowest BCUT2D eigenvalue weighted by Gasteiger charge is -2.38. The zero-order valence-electron chi connectivity index (χ0n) is 15.5. The molecule has 0 atom stereocenters. The van der Waals surface area contributed by atoms with E-state index in [0.29, 0.717) is 31.7 Å². The van der Waals surface area contributed by atoms with Crippen molar-refractivity contribution in [3.8, 4) is 5.75 Å². The predicted octanol–water partition coefficient (Wildman–Crippen LogP) is 2.87. The highest BCUT2D eigenvalue weighted by molar-refractivity contribution is 5.94. The molecule has 5 nitrogen and oxygen atoms in total. The van der Waals surface area contributed by atoms with Gasteiger partial charge in [-0.05, 0) is 57.4 Å². The maximum atomic E-state index is 12.7. The van der Waals surface area contributed by atoms with Gasteiger partial charge in [0.2, 0.25) is 5.91 Å². The number of aryl methyl sites for hydroxylation is 1. The molecule has 25 heavy (non-hydrogen) atoms. The van der Waals surface area contributed by atoms with Gasteiger partial charge in [0, 0.05) is 37.7 Å². The number of piperazine rings is 1. The summed E-state index contributed by atoms with van der Waals surface area (Å²) in [4.78, 5) is 28.8. The lowest BCUT2D eigenvalue weighted by atomic mass is 9.84. The Labute approximate surface area is 149 Å². The first-order valence-electron chi connectivity index (χ1n) is 9.31. The third-order valence-corrected chi connectivity index (χ3v) is 5.12. The minimum Gasteiger partial charge on any atom is -0.491 e. The lowest BCUT2D eigenvalue weighted by molar-refractivity contribution is -0.139. The van der Waals surface area contributed by atoms with E-state index in [2.05, 4.69) is 0 Å². The van der Waals surface area contributed by atoms with E-state index in [9.17, 15) is 9.59 Å². The van der Waals surface area contributed by atoms with Crippen LogP contribution in [0.1, 0.15) is 49.0 Å². The molecule has 0 N–H and O–H groups in total. The van der Waals surface area contributed by atoms with Crippen LogP contribution >= 0.6 is 0 Å². The van der Waals surface area contributed by atoms with Crippen LogP contribution in [0.5, 0.6) is 5.75 Å². The number of nitrogens with zero attached hydrogens (tertiary/aromatic N) is 2. The van der Waals surface area contributed by atoms with Crippen molar-refractivity contribution in [3.05, 3.63) is 29.3 Å². The van der Waals surface area contributed by atoms with Gasteiger partial charge in [0.15, 0.2) is 0 Å². The molecule has 1 saturated heterocycles. The molecule has 5 heteroatoms. The van der Waals surface area contributed by atoms with Crippen LogP contribution in [-0.4, -0.2) is 53.9 Å². The standard InChI is InChI=1S/C20H28N2O3/c1-14(2)25-18-8-7-17(13-15(18)3)20(24)22-11-9-21(10-12-22)19(23)16-5-4-6-16/h7-8,13-14,16H,4-6,9-12H2,1-3H3. The average Bonchev–Trinajstić information content (AvgIpc) is 2.54. The van der Waals surface area contributed by atoms with Crippen LogP contribution in [0.25, 0.3) is 0 Å². The third-order valence-electron chi connectivity index (χ3n) is 5.12. The number of ether oxygens (including phenoxy) is 1. The Bertz CT molecular complexity index is 644. The molecule has 2 fully saturated rings. The summed E-state index contributed by atoms with van der Waals surface area (Å²) >= 11 is 0. The van der Waals surface area contributed by atoms with Gasteiger partial charge in [0.05, 0.1) is 6.10 Å². The van der Waals surface area contributed by atoms with Crippen LogP contribution in [0.2, 0.25) is 0 Å². The SMILES string of the molecule is Cc1cc(C(=O)N2CCN(C(=O)C3CCC3)CC2)ccc1OC(C)C. The van der Waals surface area contributed by atoms with Crippen molar-refractivity contribution in [2.24, 2.45) is 5.92 Å². The highest BCUT2D eigenvalue weighted by atomic mass is 16.5. The smallest absolute Gasteiger partial charge is 0.253 e. The fourth-order valence-electron chi connectivity index (χ4n) is 3.39. The molecule has 1 aromatic carbocycles. The Morgan fingerprint density at radius 2 is 1.72 bits per heavy atom. The molecule has 0 spiro atoms. The molecule has 136 valence electrons. The molecule has 0 radical (unpaired) electrons. The normalized spacial score (nSPS) is 18.2. The summed E-state index contributed by atoms with van der Waals surface area (Å²) in [6.45, 7) is 8.46. The largest absolute Gasteiger partial charge is 0.491 e. The quantitative estimate of drug-likeness (QED) is 0.844. The van der Waals surface area contributed by atoms with E-state index in [0.717, 1.165) is 24.2 Å². The summed E-state index contributed by atoms with van der Waals surface area (Å²) < 4.78 is 5.74. The van der Waals surface area contributed by atoms with Crippen molar-refractivity contribution in [2.75, 3.05) is 26.2 Å². The highest BCUT2D eigenvalue weighted by Gasteiger charge is 2.32. The first-order chi connectivity index (χ1) is 12.0. The van der Waals surface area contributed by atoms with E-state index in [1.165, 1.54) is 6.42 Å². The van der Waals surface area contributed by atoms with Crippen molar-refractivity contribution < 1.29 is 14.3 Å². The predicted molar refractivity (Wildman–Crippen MR) is 96.8 cm³/mol. The molecule has 0 bridgehead atoms. The number of carbonyl (C=O) groups is 2. The van der Waals surface area contributed by atoms with Gasteiger partial charge in [-0.2, -0.15) is 0 Å². The van der Waals surface area contributed by atoms with Gasteiger partial charge in [-0.15, -0.1) is 0 Å². The zero-order chi connectivity index (χ0) is 18.0. The Kier molecular flexibility index (Phi) is 5.30. The number of hydrogen-bond donors (Lipinski definition) is 0. The zero-order valence-corrected chi connectivity index (χ0v) is 15.5. The Morgan fingerprint density at radius 3 is 2.24 bits per heavy atom. The Balaban J connectivity index is 1.58. The Morgan fingerprint density at radius 1 is 1.08 bits per heavy atom. The average molecular weight is 344 g/mol. The highest BCUT2D eigenvalue weighted by Crippen LogP contribution is 2.28. The van der Waals surface area contributed by atoms with E-state index in [4.69, 9.17) is 4.74 Å². The summed E-state index contributed by atoms with van der Waals surface area (Å²) in [6.07, 6.45) is 3.34.